The summed E-state index contributed by atoms with van der Waals surface area (Å²) in [5.74, 6) is -0.355. The Morgan fingerprint density at radius 3 is 2.70 bits per heavy atom. The van der Waals surface area contributed by atoms with E-state index < -0.39 is 5.91 Å². The molecule has 1 saturated carbocycles. The first-order valence-corrected chi connectivity index (χ1v) is 8.87. The number of benzene rings is 1. The van der Waals surface area contributed by atoms with Gasteiger partial charge < -0.3 is 20.1 Å². The predicted octanol–water partition coefficient (Wildman–Crippen LogP) is 2.41. The van der Waals surface area contributed by atoms with Crippen molar-refractivity contribution in [3.8, 4) is 11.5 Å². The summed E-state index contributed by atoms with van der Waals surface area (Å²) < 4.78 is 10.6. The first-order chi connectivity index (χ1) is 13.0. The van der Waals surface area contributed by atoms with Crippen molar-refractivity contribution < 1.29 is 19.1 Å². The lowest BCUT2D eigenvalue weighted by molar-refractivity contribution is -0.119. The summed E-state index contributed by atoms with van der Waals surface area (Å²) in [4.78, 5) is 30.1. The quantitative estimate of drug-likeness (QED) is 0.748. The number of pyridine rings is 1. The summed E-state index contributed by atoms with van der Waals surface area (Å²) in [6.07, 6.45) is 3.63. The van der Waals surface area contributed by atoms with Crippen LogP contribution in [-0.2, 0) is 11.3 Å². The average molecular weight is 390 g/mol. The van der Waals surface area contributed by atoms with Gasteiger partial charge in [0.15, 0.2) is 18.1 Å². The molecule has 2 aromatic rings. The summed E-state index contributed by atoms with van der Waals surface area (Å²) in [5.41, 5.74) is 6.30. The van der Waals surface area contributed by atoms with E-state index in [9.17, 15) is 9.59 Å². The zero-order valence-electron chi connectivity index (χ0n) is 14.9. The first kappa shape index (κ1) is 19.0. The molecule has 1 aliphatic carbocycles. The summed E-state index contributed by atoms with van der Waals surface area (Å²) >= 11 is 6.26. The molecule has 0 spiro atoms. The number of hydrogen-bond donors (Lipinski definition) is 1. The van der Waals surface area contributed by atoms with Gasteiger partial charge in [-0.2, -0.15) is 0 Å². The molecule has 3 rings (SSSR count). The van der Waals surface area contributed by atoms with Crippen LogP contribution in [0.2, 0.25) is 5.02 Å². The Hall–Kier alpha value is -2.80. The highest BCUT2D eigenvalue weighted by Crippen LogP contribution is 2.38. The van der Waals surface area contributed by atoms with E-state index in [1.54, 1.807) is 17.2 Å². The van der Waals surface area contributed by atoms with Crippen molar-refractivity contribution in [3.63, 3.8) is 0 Å². The fourth-order valence-electron chi connectivity index (χ4n) is 2.71. The molecule has 0 radical (unpaired) electrons. The van der Waals surface area contributed by atoms with Gasteiger partial charge in [0.1, 0.15) is 0 Å². The number of carbonyl (C=O) groups is 2. The smallest absolute Gasteiger partial charge is 0.255 e. The maximum absolute atomic E-state index is 13.1. The van der Waals surface area contributed by atoms with Gasteiger partial charge in [-0.1, -0.05) is 17.7 Å². The van der Waals surface area contributed by atoms with Crippen molar-refractivity contribution in [2.45, 2.75) is 25.4 Å². The van der Waals surface area contributed by atoms with Crippen LogP contribution in [0, 0.1) is 0 Å². The van der Waals surface area contributed by atoms with Gasteiger partial charge >= 0.3 is 0 Å². The molecule has 0 saturated heterocycles. The normalized spacial score (nSPS) is 13.1. The third kappa shape index (κ3) is 4.68. The van der Waals surface area contributed by atoms with Crippen LogP contribution < -0.4 is 15.2 Å². The molecule has 0 aliphatic heterocycles. The Morgan fingerprint density at radius 2 is 2.11 bits per heavy atom. The van der Waals surface area contributed by atoms with Crippen LogP contribution in [0.15, 0.2) is 36.5 Å². The zero-order valence-corrected chi connectivity index (χ0v) is 15.6. The summed E-state index contributed by atoms with van der Waals surface area (Å²) in [6.45, 7) is 0.0848. The third-order valence-electron chi connectivity index (χ3n) is 4.14. The fourth-order valence-corrected chi connectivity index (χ4v) is 2.98. The molecule has 1 aliphatic rings. The average Bonchev–Trinajstić information content (AvgIpc) is 3.49. The minimum Gasteiger partial charge on any atom is -0.493 e. The number of carbonyl (C=O) groups excluding carboxylic acids is 2. The van der Waals surface area contributed by atoms with E-state index in [0.29, 0.717) is 12.1 Å². The Morgan fingerprint density at radius 1 is 1.33 bits per heavy atom. The molecule has 2 amide bonds. The second-order valence-electron chi connectivity index (χ2n) is 6.23. The van der Waals surface area contributed by atoms with Crippen LogP contribution >= 0.6 is 11.6 Å². The number of rotatable bonds is 8. The zero-order chi connectivity index (χ0) is 19.4. The molecule has 7 nitrogen and oxygen atoms in total. The third-order valence-corrected chi connectivity index (χ3v) is 4.42. The Labute approximate surface area is 162 Å². The lowest BCUT2D eigenvalue weighted by atomic mass is 10.1. The second kappa shape index (κ2) is 8.26. The van der Waals surface area contributed by atoms with Gasteiger partial charge in [0.05, 0.1) is 24.4 Å². The minimum absolute atomic E-state index is 0.162. The van der Waals surface area contributed by atoms with Crippen molar-refractivity contribution in [1.29, 1.82) is 0 Å². The fraction of sp³-hybridized carbons (Fsp3) is 0.316. The van der Waals surface area contributed by atoms with Crippen molar-refractivity contribution in [2.24, 2.45) is 5.73 Å². The second-order valence-corrected chi connectivity index (χ2v) is 6.64. The van der Waals surface area contributed by atoms with Crippen LogP contribution in [0.1, 0.15) is 28.9 Å². The van der Waals surface area contributed by atoms with Crippen molar-refractivity contribution in [3.05, 3.63) is 52.8 Å². The van der Waals surface area contributed by atoms with Crippen LogP contribution in [-0.4, -0.2) is 41.5 Å². The molecule has 0 unspecified atom stereocenters. The van der Waals surface area contributed by atoms with E-state index in [2.05, 4.69) is 4.98 Å². The van der Waals surface area contributed by atoms with E-state index in [4.69, 9.17) is 26.8 Å². The molecule has 1 aromatic carbocycles. The number of hydrogen-bond acceptors (Lipinski definition) is 5. The molecular formula is C19H20ClN3O4. The van der Waals surface area contributed by atoms with Gasteiger partial charge in [0.25, 0.3) is 11.8 Å². The monoisotopic (exact) mass is 389 g/mol. The Bertz CT molecular complexity index is 840. The van der Waals surface area contributed by atoms with Gasteiger partial charge in [-0.15, -0.1) is 0 Å². The highest BCUT2D eigenvalue weighted by atomic mass is 35.5. The van der Waals surface area contributed by atoms with Crippen molar-refractivity contribution >= 4 is 23.4 Å². The van der Waals surface area contributed by atoms with Crippen LogP contribution in [0.5, 0.6) is 11.5 Å². The highest BCUT2D eigenvalue weighted by Gasteiger charge is 2.34. The summed E-state index contributed by atoms with van der Waals surface area (Å²) in [5, 5.41) is 0.174. The SMILES string of the molecule is COc1cc(C(=O)N(Cc2ccccn2)C2CC2)cc(Cl)c1OCC(N)=O. The van der Waals surface area contributed by atoms with Gasteiger partial charge in [-0.25, -0.2) is 0 Å². The number of halogens is 1. The van der Waals surface area contributed by atoms with E-state index in [0.717, 1.165) is 18.5 Å². The van der Waals surface area contributed by atoms with Crippen molar-refractivity contribution in [2.75, 3.05) is 13.7 Å². The Kier molecular flexibility index (Phi) is 5.81. The molecule has 1 fully saturated rings. The lowest BCUT2D eigenvalue weighted by Gasteiger charge is -2.23. The minimum atomic E-state index is -0.636. The first-order valence-electron chi connectivity index (χ1n) is 8.49. The van der Waals surface area contributed by atoms with Gasteiger partial charge in [0, 0.05) is 17.8 Å². The summed E-state index contributed by atoms with van der Waals surface area (Å²) in [6, 6.07) is 8.87. The van der Waals surface area contributed by atoms with Gasteiger partial charge in [0.2, 0.25) is 0 Å². The van der Waals surface area contributed by atoms with Crippen molar-refractivity contribution in [1.82, 2.24) is 9.88 Å². The molecule has 27 heavy (non-hydrogen) atoms. The van der Waals surface area contributed by atoms with E-state index in [1.165, 1.54) is 13.2 Å². The Balaban J connectivity index is 1.86. The van der Waals surface area contributed by atoms with E-state index in [-0.39, 0.29) is 35.1 Å². The number of primary amides is 1. The highest BCUT2D eigenvalue weighted by molar-refractivity contribution is 6.32. The number of nitrogens with two attached hydrogens (primary N) is 1. The topological polar surface area (TPSA) is 94.8 Å². The molecule has 1 aromatic heterocycles. The van der Waals surface area contributed by atoms with Gasteiger partial charge in [-0.05, 0) is 37.1 Å². The number of nitrogens with zero attached hydrogens (tertiary/aromatic N) is 2. The molecule has 0 atom stereocenters. The standard InChI is InChI=1S/C19H20ClN3O4/c1-26-16-9-12(8-15(20)18(16)27-11-17(21)24)19(25)23(14-5-6-14)10-13-4-2-3-7-22-13/h2-4,7-9,14H,5-6,10-11H2,1H3,(H2,21,24). The number of aromatic nitrogens is 1. The largest absolute Gasteiger partial charge is 0.493 e. The van der Waals surface area contributed by atoms with Crippen LogP contribution in [0.25, 0.3) is 0 Å². The van der Waals surface area contributed by atoms with Crippen LogP contribution in [0.4, 0.5) is 0 Å². The molecule has 1 heterocycles. The predicted molar refractivity (Wildman–Crippen MR) is 99.8 cm³/mol. The van der Waals surface area contributed by atoms with Gasteiger partial charge in [-0.3, -0.25) is 14.6 Å². The number of amides is 2. The number of methoxy groups -OCH3 is 1. The molecule has 2 N–H and O–H groups in total. The van der Waals surface area contributed by atoms with E-state index >= 15 is 0 Å². The molecule has 0 bridgehead atoms. The number of ether oxygens (including phenoxy) is 2. The molecule has 142 valence electrons. The molecular weight excluding hydrogens is 370 g/mol. The molecule has 8 heteroatoms. The van der Waals surface area contributed by atoms with Crippen LogP contribution in [0.3, 0.4) is 0 Å². The summed E-state index contributed by atoms with van der Waals surface area (Å²) in [7, 11) is 1.43. The van der Waals surface area contributed by atoms with E-state index in [1.807, 2.05) is 18.2 Å². The maximum Gasteiger partial charge on any atom is 0.255 e. The maximum atomic E-state index is 13.1. The lowest BCUT2D eigenvalue weighted by Crippen LogP contribution is -2.33.